The highest BCUT2D eigenvalue weighted by Gasteiger charge is 2.37. The zero-order valence-electron chi connectivity index (χ0n) is 12.5. The summed E-state index contributed by atoms with van der Waals surface area (Å²) >= 11 is 1.90. The lowest BCUT2D eigenvalue weighted by Gasteiger charge is -2.34. The van der Waals surface area contributed by atoms with Crippen LogP contribution in [0.1, 0.15) is 31.2 Å². The van der Waals surface area contributed by atoms with Gasteiger partial charge in [0.1, 0.15) is 0 Å². The number of hydrogen-bond donors (Lipinski definition) is 2. The predicted molar refractivity (Wildman–Crippen MR) is 87.7 cm³/mol. The molecule has 0 bridgehead atoms. The first-order valence-electron chi connectivity index (χ1n) is 7.96. The summed E-state index contributed by atoms with van der Waals surface area (Å²) in [6.45, 7) is 1.06. The summed E-state index contributed by atoms with van der Waals surface area (Å²) in [6.07, 6.45) is 5.23. The number of ether oxygens (including phenoxy) is 1. The largest absolute Gasteiger partial charge is 0.394 e. The van der Waals surface area contributed by atoms with Gasteiger partial charge in [0.15, 0.2) is 0 Å². The van der Waals surface area contributed by atoms with Crippen molar-refractivity contribution in [3.05, 3.63) is 35.9 Å². The number of benzene rings is 1. The van der Waals surface area contributed by atoms with Gasteiger partial charge in [0.2, 0.25) is 0 Å². The molecular formula is C17H25NO2S. The van der Waals surface area contributed by atoms with E-state index in [0.717, 1.165) is 18.1 Å². The monoisotopic (exact) mass is 307 g/mol. The molecule has 1 heterocycles. The lowest BCUT2D eigenvalue weighted by molar-refractivity contribution is 0.128. The van der Waals surface area contributed by atoms with Crippen molar-refractivity contribution in [3.8, 4) is 0 Å². The topological polar surface area (TPSA) is 41.5 Å². The van der Waals surface area contributed by atoms with E-state index in [-0.39, 0.29) is 12.1 Å². The Morgan fingerprint density at radius 2 is 2.05 bits per heavy atom. The first-order chi connectivity index (χ1) is 10.3. The van der Waals surface area contributed by atoms with Crippen LogP contribution in [-0.2, 0) is 10.3 Å². The lowest BCUT2D eigenvalue weighted by atomic mass is 9.92. The molecule has 116 valence electrons. The molecule has 1 aromatic rings. The van der Waals surface area contributed by atoms with Gasteiger partial charge in [0.05, 0.1) is 18.2 Å². The van der Waals surface area contributed by atoms with Crippen LogP contribution in [0.15, 0.2) is 30.3 Å². The van der Waals surface area contributed by atoms with Crippen molar-refractivity contribution >= 4 is 11.8 Å². The number of nitrogens with one attached hydrogen (secondary N) is 1. The lowest BCUT2D eigenvalue weighted by Crippen LogP contribution is -2.49. The zero-order chi connectivity index (χ0) is 14.5. The van der Waals surface area contributed by atoms with Gasteiger partial charge in [-0.05, 0) is 31.2 Å². The Balaban J connectivity index is 1.65. The van der Waals surface area contributed by atoms with Crippen LogP contribution in [0.5, 0.6) is 0 Å². The van der Waals surface area contributed by atoms with E-state index in [1.54, 1.807) is 0 Å². The molecule has 0 radical (unpaired) electrons. The van der Waals surface area contributed by atoms with Gasteiger partial charge in [-0.3, -0.25) is 0 Å². The second-order valence-corrected chi connectivity index (χ2v) is 7.21. The minimum Gasteiger partial charge on any atom is -0.394 e. The second-order valence-electron chi connectivity index (χ2n) is 6.18. The Morgan fingerprint density at radius 1 is 1.24 bits per heavy atom. The molecule has 21 heavy (non-hydrogen) atoms. The van der Waals surface area contributed by atoms with Crippen LogP contribution in [0.2, 0.25) is 0 Å². The van der Waals surface area contributed by atoms with Crippen molar-refractivity contribution in [1.29, 1.82) is 0 Å². The Morgan fingerprint density at radius 3 is 2.67 bits per heavy atom. The van der Waals surface area contributed by atoms with Crippen LogP contribution < -0.4 is 5.32 Å². The van der Waals surface area contributed by atoms with Crippen molar-refractivity contribution in [1.82, 2.24) is 5.32 Å². The van der Waals surface area contributed by atoms with E-state index >= 15 is 0 Å². The van der Waals surface area contributed by atoms with Crippen molar-refractivity contribution in [2.45, 2.75) is 43.4 Å². The summed E-state index contributed by atoms with van der Waals surface area (Å²) in [5.41, 5.74) is 0.880. The molecule has 3 rings (SSSR count). The maximum Gasteiger partial charge on any atom is 0.0762 e. The van der Waals surface area contributed by atoms with E-state index in [1.165, 1.54) is 31.2 Å². The first-order valence-corrected chi connectivity index (χ1v) is 9.11. The quantitative estimate of drug-likeness (QED) is 0.774. The summed E-state index contributed by atoms with van der Waals surface area (Å²) in [7, 11) is 0. The van der Waals surface area contributed by atoms with Gasteiger partial charge >= 0.3 is 0 Å². The van der Waals surface area contributed by atoms with Gasteiger partial charge in [0, 0.05) is 24.2 Å². The zero-order valence-corrected chi connectivity index (χ0v) is 13.3. The van der Waals surface area contributed by atoms with Crippen LogP contribution in [0.3, 0.4) is 0 Å². The summed E-state index contributed by atoms with van der Waals surface area (Å²) in [5, 5.41) is 13.8. The van der Waals surface area contributed by atoms with Crippen molar-refractivity contribution < 1.29 is 9.84 Å². The fraction of sp³-hybridized carbons (Fsp3) is 0.647. The molecule has 3 nitrogen and oxygen atoms in total. The highest BCUT2D eigenvalue weighted by molar-refractivity contribution is 7.99. The highest BCUT2D eigenvalue weighted by Crippen LogP contribution is 2.32. The minimum atomic E-state index is -0.314. The van der Waals surface area contributed by atoms with E-state index < -0.39 is 0 Å². The molecule has 2 atom stereocenters. The average molecular weight is 307 g/mol. The maximum absolute atomic E-state index is 10.1. The third-order valence-electron chi connectivity index (χ3n) is 4.33. The van der Waals surface area contributed by atoms with Gasteiger partial charge in [-0.1, -0.05) is 30.3 Å². The van der Waals surface area contributed by atoms with Crippen LogP contribution in [0.25, 0.3) is 0 Å². The van der Waals surface area contributed by atoms with Crippen LogP contribution >= 0.6 is 11.8 Å². The molecule has 0 amide bonds. The minimum absolute atomic E-state index is 0.145. The van der Waals surface area contributed by atoms with Crippen LogP contribution in [0.4, 0.5) is 0 Å². The van der Waals surface area contributed by atoms with E-state index in [9.17, 15) is 5.11 Å². The molecule has 2 aliphatic rings. The van der Waals surface area contributed by atoms with E-state index in [4.69, 9.17) is 4.74 Å². The van der Waals surface area contributed by atoms with Crippen LogP contribution in [-0.4, -0.2) is 42.0 Å². The van der Waals surface area contributed by atoms with Gasteiger partial charge in [-0.2, -0.15) is 11.8 Å². The molecule has 1 saturated carbocycles. The van der Waals surface area contributed by atoms with Crippen molar-refractivity contribution in [2.24, 2.45) is 0 Å². The number of thioether (sulfide) groups is 1. The summed E-state index contributed by atoms with van der Waals surface area (Å²) in [5.74, 6) is 1.92. The summed E-state index contributed by atoms with van der Waals surface area (Å²) < 4.78 is 5.70. The third-order valence-corrected chi connectivity index (χ3v) is 5.63. The smallest absolute Gasteiger partial charge is 0.0762 e. The summed E-state index contributed by atoms with van der Waals surface area (Å²) in [4.78, 5) is 0. The SMILES string of the molecule is OCC(CSCC1CCCO1)(NC1CC1)c1ccccc1. The molecular weight excluding hydrogens is 282 g/mol. The third kappa shape index (κ3) is 4.01. The molecule has 2 fully saturated rings. The van der Waals surface area contributed by atoms with Gasteiger partial charge < -0.3 is 15.2 Å². The molecule has 0 spiro atoms. The Kier molecular flexibility index (Phi) is 5.22. The fourth-order valence-electron chi connectivity index (χ4n) is 2.91. The maximum atomic E-state index is 10.1. The van der Waals surface area contributed by atoms with Crippen molar-refractivity contribution in [3.63, 3.8) is 0 Å². The number of rotatable bonds is 8. The van der Waals surface area contributed by atoms with E-state index in [1.807, 2.05) is 17.8 Å². The van der Waals surface area contributed by atoms with E-state index in [2.05, 4.69) is 29.6 Å². The molecule has 4 heteroatoms. The highest BCUT2D eigenvalue weighted by atomic mass is 32.2. The Hall–Kier alpha value is -0.550. The number of hydrogen-bond acceptors (Lipinski definition) is 4. The molecule has 2 N–H and O–H groups in total. The van der Waals surface area contributed by atoms with E-state index in [0.29, 0.717) is 12.1 Å². The van der Waals surface area contributed by atoms with Gasteiger partial charge in [-0.15, -0.1) is 0 Å². The predicted octanol–water partition coefficient (Wildman–Crippen LogP) is 2.54. The molecule has 1 aromatic carbocycles. The number of aliphatic hydroxyl groups is 1. The number of aliphatic hydroxyl groups excluding tert-OH is 1. The van der Waals surface area contributed by atoms with Crippen LogP contribution in [0, 0.1) is 0 Å². The normalized spacial score (nSPS) is 24.9. The molecule has 1 saturated heterocycles. The molecule has 0 aromatic heterocycles. The second kappa shape index (κ2) is 7.14. The molecule has 1 aliphatic heterocycles. The van der Waals surface area contributed by atoms with Gasteiger partial charge in [-0.25, -0.2) is 0 Å². The molecule has 2 unspecified atom stereocenters. The van der Waals surface area contributed by atoms with Crippen molar-refractivity contribution in [2.75, 3.05) is 24.7 Å². The Labute approximate surface area is 131 Å². The average Bonchev–Trinajstić information content (AvgIpc) is 3.19. The first kappa shape index (κ1) is 15.3. The Bertz CT molecular complexity index is 432. The summed E-state index contributed by atoms with van der Waals surface area (Å²) in [6, 6.07) is 11.0. The van der Waals surface area contributed by atoms with Gasteiger partial charge in [0.25, 0.3) is 0 Å². The fourth-order valence-corrected chi connectivity index (χ4v) is 4.24. The standard InChI is InChI=1S/C17H25NO2S/c19-12-17(18-15-8-9-15,14-5-2-1-3-6-14)13-21-11-16-7-4-10-20-16/h1-3,5-6,15-16,18-19H,4,7-13H2. The molecule has 1 aliphatic carbocycles.